The van der Waals surface area contributed by atoms with Crippen LogP contribution >= 0.6 is 11.3 Å². The summed E-state index contributed by atoms with van der Waals surface area (Å²) in [5.74, 6) is -0.183. The van der Waals surface area contributed by atoms with Gasteiger partial charge in [-0.3, -0.25) is 9.59 Å². The van der Waals surface area contributed by atoms with Crippen LogP contribution in [0.4, 0.5) is 0 Å². The summed E-state index contributed by atoms with van der Waals surface area (Å²) in [6.45, 7) is 7.94. The van der Waals surface area contributed by atoms with Crippen LogP contribution in [0, 0.1) is 39.0 Å². The van der Waals surface area contributed by atoms with Crippen LogP contribution < -0.4 is 5.56 Å². The molecule has 3 aromatic rings. The molecule has 0 saturated carbocycles. The summed E-state index contributed by atoms with van der Waals surface area (Å²) in [5.41, 5.74) is 3.14. The summed E-state index contributed by atoms with van der Waals surface area (Å²) in [7, 11) is 0. The van der Waals surface area contributed by atoms with E-state index in [1.54, 1.807) is 25.2 Å². The first-order valence-electron chi connectivity index (χ1n) is 9.04. The van der Waals surface area contributed by atoms with Crippen LogP contribution in [0.5, 0.6) is 0 Å². The summed E-state index contributed by atoms with van der Waals surface area (Å²) < 4.78 is 3.23. The van der Waals surface area contributed by atoms with Gasteiger partial charge in [-0.15, -0.1) is 11.3 Å². The van der Waals surface area contributed by atoms with Crippen LogP contribution in [0.1, 0.15) is 43.4 Å². The Kier molecular flexibility index (Phi) is 5.61. The molecule has 0 unspecified atom stereocenters. The fourth-order valence-corrected chi connectivity index (χ4v) is 4.03. The lowest BCUT2D eigenvalue weighted by atomic mass is 10.1. The monoisotopic (exact) mass is 394 g/mol. The molecule has 3 heterocycles. The lowest BCUT2D eigenvalue weighted by molar-refractivity contribution is 0.0964. The fraction of sp³-hybridized carbons (Fsp3) is 0.333. The number of hydrogen-bond acceptors (Lipinski definition) is 5. The van der Waals surface area contributed by atoms with Crippen molar-refractivity contribution in [2.24, 2.45) is 0 Å². The molecular formula is C21H22N4O2S. The second kappa shape index (κ2) is 7.95. The van der Waals surface area contributed by atoms with Gasteiger partial charge in [0.2, 0.25) is 0 Å². The summed E-state index contributed by atoms with van der Waals surface area (Å²) in [5, 5.41) is 15.5. The van der Waals surface area contributed by atoms with Crippen LogP contribution in [0.3, 0.4) is 0 Å². The van der Waals surface area contributed by atoms with Gasteiger partial charge in [-0.05, 0) is 57.2 Å². The number of aryl methyl sites for hydroxylation is 3. The molecule has 0 aromatic carbocycles. The molecule has 0 saturated heterocycles. The van der Waals surface area contributed by atoms with Crippen molar-refractivity contribution in [3.05, 3.63) is 72.6 Å². The van der Waals surface area contributed by atoms with Crippen molar-refractivity contribution in [1.82, 2.24) is 14.3 Å². The van der Waals surface area contributed by atoms with Crippen molar-refractivity contribution >= 4 is 17.1 Å². The van der Waals surface area contributed by atoms with Crippen molar-refractivity contribution in [3.63, 3.8) is 0 Å². The molecule has 7 heteroatoms. The van der Waals surface area contributed by atoms with Crippen molar-refractivity contribution in [2.75, 3.05) is 0 Å². The van der Waals surface area contributed by atoms with Gasteiger partial charge in [-0.25, -0.2) is 4.68 Å². The number of carbonyl (C=O) groups excluding carboxylic acids is 1. The molecule has 0 atom stereocenters. The lowest BCUT2D eigenvalue weighted by Crippen LogP contribution is -2.30. The van der Waals surface area contributed by atoms with Gasteiger partial charge in [0.15, 0.2) is 5.78 Å². The van der Waals surface area contributed by atoms with Crippen LogP contribution in [-0.4, -0.2) is 20.1 Å². The molecule has 0 radical (unpaired) electrons. The van der Waals surface area contributed by atoms with E-state index in [-0.39, 0.29) is 17.9 Å². The molecule has 0 fully saturated rings. The Hall–Kier alpha value is -2.98. The van der Waals surface area contributed by atoms with Crippen LogP contribution in [0.15, 0.2) is 28.4 Å². The maximum absolute atomic E-state index is 12.9. The highest BCUT2D eigenvalue weighted by Crippen LogP contribution is 2.18. The van der Waals surface area contributed by atoms with Gasteiger partial charge in [0.25, 0.3) is 5.56 Å². The summed E-state index contributed by atoms with van der Waals surface area (Å²) in [6.07, 6.45) is 0.908. The first-order valence-corrected chi connectivity index (χ1v) is 9.92. The quantitative estimate of drug-likeness (QED) is 0.601. The van der Waals surface area contributed by atoms with Crippen molar-refractivity contribution in [3.8, 4) is 6.07 Å². The van der Waals surface area contributed by atoms with Gasteiger partial charge >= 0.3 is 0 Å². The SMILES string of the molecule is Cc1nn(CC(=O)c2cc(C)n(CCc3cccs3)c2C)c(=O)c(C#N)c1C. The molecule has 0 aliphatic carbocycles. The Morgan fingerprint density at radius 2 is 2.04 bits per heavy atom. The Balaban J connectivity index is 1.86. The maximum atomic E-state index is 12.9. The zero-order valence-electron chi connectivity index (χ0n) is 16.4. The molecule has 28 heavy (non-hydrogen) atoms. The molecule has 3 aromatic heterocycles. The highest BCUT2D eigenvalue weighted by atomic mass is 32.1. The van der Waals surface area contributed by atoms with E-state index >= 15 is 0 Å². The number of hydrogen-bond donors (Lipinski definition) is 0. The van der Waals surface area contributed by atoms with E-state index < -0.39 is 5.56 Å². The minimum Gasteiger partial charge on any atom is -0.348 e. The highest BCUT2D eigenvalue weighted by Gasteiger charge is 2.19. The predicted octanol–water partition coefficient (Wildman–Crippen LogP) is 3.34. The van der Waals surface area contributed by atoms with E-state index in [2.05, 4.69) is 21.1 Å². The van der Waals surface area contributed by atoms with Crippen molar-refractivity contribution in [1.29, 1.82) is 5.26 Å². The second-order valence-electron chi connectivity index (χ2n) is 6.85. The van der Waals surface area contributed by atoms with Crippen molar-refractivity contribution < 1.29 is 4.79 Å². The normalized spacial score (nSPS) is 10.8. The molecule has 3 rings (SSSR count). The average Bonchev–Trinajstić information content (AvgIpc) is 3.27. The van der Waals surface area contributed by atoms with Crippen LogP contribution in [0.25, 0.3) is 0 Å². The molecule has 0 amide bonds. The Labute approximate surface area is 167 Å². The molecule has 144 valence electrons. The number of ketones is 1. The Morgan fingerprint density at radius 1 is 1.29 bits per heavy atom. The summed E-state index contributed by atoms with van der Waals surface area (Å²) >= 11 is 1.72. The molecule has 0 bridgehead atoms. The number of thiophene rings is 1. The fourth-order valence-electron chi connectivity index (χ4n) is 3.34. The largest absolute Gasteiger partial charge is 0.348 e. The van der Waals surface area contributed by atoms with E-state index in [0.29, 0.717) is 16.8 Å². The minimum atomic E-state index is -0.523. The standard InChI is InChI=1S/C21H22N4O2S/c1-13-10-18(16(4)24(13)8-7-17-6-5-9-28-17)20(26)12-25-21(27)19(11-22)14(2)15(3)23-25/h5-6,9-10H,7-8,12H2,1-4H3. The minimum absolute atomic E-state index is 0.0433. The molecule has 0 N–H and O–H groups in total. The zero-order chi connectivity index (χ0) is 20.4. The van der Waals surface area contributed by atoms with E-state index in [0.717, 1.165) is 29.0 Å². The topological polar surface area (TPSA) is 80.7 Å². The first kappa shape index (κ1) is 19.8. The Bertz CT molecular complexity index is 1130. The third-order valence-electron chi connectivity index (χ3n) is 5.08. The van der Waals surface area contributed by atoms with E-state index in [1.165, 1.54) is 4.88 Å². The lowest BCUT2D eigenvalue weighted by Gasteiger charge is -2.10. The zero-order valence-corrected chi connectivity index (χ0v) is 17.3. The van der Waals surface area contributed by atoms with Gasteiger partial charge in [-0.1, -0.05) is 6.07 Å². The number of Topliss-reactive ketones (excluding diaryl/α,β-unsaturated/α-hetero) is 1. The highest BCUT2D eigenvalue weighted by molar-refractivity contribution is 7.09. The van der Waals surface area contributed by atoms with E-state index in [4.69, 9.17) is 0 Å². The summed E-state index contributed by atoms with van der Waals surface area (Å²) in [4.78, 5) is 26.6. The molecule has 0 aliphatic rings. The number of nitrogens with zero attached hydrogens (tertiary/aromatic N) is 4. The number of nitriles is 1. The third-order valence-corrected chi connectivity index (χ3v) is 6.01. The van der Waals surface area contributed by atoms with Gasteiger partial charge in [0.05, 0.1) is 5.69 Å². The molecule has 0 aliphatic heterocycles. The van der Waals surface area contributed by atoms with E-state index in [1.807, 2.05) is 32.0 Å². The number of aromatic nitrogens is 3. The predicted molar refractivity (Wildman–Crippen MR) is 109 cm³/mol. The van der Waals surface area contributed by atoms with Crippen molar-refractivity contribution in [2.45, 2.75) is 47.2 Å². The van der Waals surface area contributed by atoms with Gasteiger partial charge in [0, 0.05) is 28.4 Å². The Morgan fingerprint density at radius 3 is 2.68 bits per heavy atom. The van der Waals surface area contributed by atoms with E-state index in [9.17, 15) is 14.9 Å². The summed E-state index contributed by atoms with van der Waals surface area (Å²) in [6, 6.07) is 7.93. The smallest absolute Gasteiger partial charge is 0.285 e. The third kappa shape index (κ3) is 3.69. The van der Waals surface area contributed by atoms with Crippen LogP contribution in [-0.2, 0) is 19.5 Å². The molecular weight excluding hydrogens is 372 g/mol. The first-order chi connectivity index (χ1) is 13.3. The second-order valence-corrected chi connectivity index (χ2v) is 7.88. The van der Waals surface area contributed by atoms with Gasteiger partial charge in [0.1, 0.15) is 18.2 Å². The van der Waals surface area contributed by atoms with Crippen LogP contribution in [0.2, 0.25) is 0 Å². The number of carbonyl (C=O) groups is 1. The number of rotatable bonds is 6. The van der Waals surface area contributed by atoms with Gasteiger partial charge < -0.3 is 4.57 Å². The van der Waals surface area contributed by atoms with Gasteiger partial charge in [-0.2, -0.15) is 10.4 Å². The molecule has 0 spiro atoms. The maximum Gasteiger partial charge on any atom is 0.285 e. The molecule has 6 nitrogen and oxygen atoms in total. The average molecular weight is 395 g/mol.